The van der Waals surface area contributed by atoms with Gasteiger partial charge in [0.05, 0.1) is 19.8 Å². The van der Waals surface area contributed by atoms with E-state index in [-0.39, 0.29) is 5.78 Å². The Kier molecular flexibility index (Phi) is 13.3. The summed E-state index contributed by atoms with van der Waals surface area (Å²) in [5.74, 6) is 15.3. The number of aryl methyl sites for hydroxylation is 1. The number of carbonyl (C=O) groups is 1. The monoisotopic (exact) mass is 558 g/mol. The molecule has 0 spiro atoms. The van der Waals surface area contributed by atoms with E-state index >= 15 is 0 Å². The van der Waals surface area contributed by atoms with Gasteiger partial charge in [-0.1, -0.05) is 50.3 Å². The molecule has 0 radical (unpaired) electrons. The van der Waals surface area contributed by atoms with Crippen LogP contribution in [0.15, 0.2) is 104 Å². The van der Waals surface area contributed by atoms with Crippen LogP contribution in [0.4, 0.5) is 0 Å². The van der Waals surface area contributed by atoms with E-state index in [1.807, 2.05) is 60.7 Å². The molecule has 0 aliphatic heterocycles. The zero-order valence-electron chi connectivity index (χ0n) is 24.4. The molecule has 0 amide bonds. The molecule has 0 atom stereocenters. The van der Waals surface area contributed by atoms with Gasteiger partial charge in [0, 0.05) is 35.1 Å². The summed E-state index contributed by atoms with van der Waals surface area (Å²) in [5, 5.41) is 0. The van der Waals surface area contributed by atoms with Crippen LogP contribution in [0, 0.1) is 23.7 Å². The lowest BCUT2D eigenvalue weighted by Gasteiger charge is -2.07. The first-order valence-corrected chi connectivity index (χ1v) is 14.2. The van der Waals surface area contributed by atoms with Crippen LogP contribution in [0.2, 0.25) is 0 Å². The average molecular weight is 559 g/mol. The van der Waals surface area contributed by atoms with Crippen molar-refractivity contribution >= 4 is 5.78 Å². The van der Waals surface area contributed by atoms with Gasteiger partial charge in [0.15, 0.2) is 5.78 Å². The maximum Gasteiger partial charge on any atom is 0.155 e. The van der Waals surface area contributed by atoms with Gasteiger partial charge in [-0.3, -0.25) is 4.79 Å². The van der Waals surface area contributed by atoms with E-state index in [9.17, 15) is 4.79 Å². The Morgan fingerprint density at radius 2 is 1.29 bits per heavy atom. The van der Waals surface area contributed by atoms with E-state index in [1.54, 1.807) is 6.08 Å². The number of unbranched alkanes of at least 4 members (excludes halogenated alkanes) is 1. The van der Waals surface area contributed by atoms with Crippen molar-refractivity contribution in [3.63, 3.8) is 0 Å². The third-order valence-electron chi connectivity index (χ3n) is 6.27. The number of rotatable bonds is 15. The highest BCUT2D eigenvalue weighted by molar-refractivity contribution is 5.88. The summed E-state index contributed by atoms with van der Waals surface area (Å²) >= 11 is 0. The van der Waals surface area contributed by atoms with E-state index in [0.717, 1.165) is 65.0 Å². The summed E-state index contributed by atoms with van der Waals surface area (Å²) in [7, 11) is 0. The molecule has 0 saturated heterocycles. The fourth-order valence-electron chi connectivity index (χ4n) is 3.84. The van der Waals surface area contributed by atoms with Gasteiger partial charge in [-0.2, -0.15) is 0 Å². The summed E-state index contributed by atoms with van der Waals surface area (Å²) in [4.78, 5) is 11.3. The summed E-state index contributed by atoms with van der Waals surface area (Å²) < 4.78 is 16.9. The summed E-state index contributed by atoms with van der Waals surface area (Å²) in [6, 6.07) is 21.7. The molecule has 4 nitrogen and oxygen atoms in total. The standard InChI is InChI=1S/C38H38O4/c1-5-30(4)40-27-10-28-42-38-22-16-31(17-23-38)12-13-33-15-21-35(34(6-2)29-33)20-14-32-18-24-37(25-19-32)41-26-9-8-11-36(39)7-3/h5,7,15-19,21-25,29H,1,3-4,6,8-11,26-28H2,2H3. The molecule has 0 unspecified atom stereocenters. The molecule has 0 heterocycles. The largest absolute Gasteiger partial charge is 0.494 e. The molecular weight excluding hydrogens is 520 g/mol. The molecule has 0 aliphatic carbocycles. The topological polar surface area (TPSA) is 44.8 Å². The zero-order chi connectivity index (χ0) is 30.0. The molecule has 0 N–H and O–H groups in total. The fourth-order valence-corrected chi connectivity index (χ4v) is 3.84. The number of carbonyl (C=O) groups excluding carboxylic acids is 1. The average Bonchev–Trinajstić information content (AvgIpc) is 3.03. The van der Waals surface area contributed by atoms with Crippen LogP contribution in [-0.2, 0) is 16.0 Å². The maximum atomic E-state index is 11.3. The SMILES string of the molecule is C=CC(=C)OCCCOc1ccc(C#Cc2ccc(C#Cc3ccc(OCCCCC(=O)C=C)cc3)c(CC)c2)cc1. The van der Waals surface area contributed by atoms with Crippen LogP contribution in [0.1, 0.15) is 60.4 Å². The molecule has 0 saturated carbocycles. The van der Waals surface area contributed by atoms with Crippen molar-refractivity contribution in [2.45, 2.75) is 39.0 Å². The van der Waals surface area contributed by atoms with Crippen molar-refractivity contribution in [1.82, 2.24) is 0 Å². The Labute approximate surface area is 250 Å². The van der Waals surface area contributed by atoms with Crippen molar-refractivity contribution < 1.29 is 19.0 Å². The van der Waals surface area contributed by atoms with Crippen molar-refractivity contribution in [2.75, 3.05) is 19.8 Å². The number of benzene rings is 3. The molecular formula is C38H38O4. The maximum absolute atomic E-state index is 11.3. The Balaban J connectivity index is 1.51. The Morgan fingerprint density at radius 3 is 1.88 bits per heavy atom. The van der Waals surface area contributed by atoms with Gasteiger partial charge in [0.2, 0.25) is 0 Å². The first-order valence-electron chi connectivity index (χ1n) is 14.2. The van der Waals surface area contributed by atoms with Gasteiger partial charge in [-0.05, 0) is 104 Å². The predicted molar refractivity (Wildman–Crippen MR) is 171 cm³/mol. The van der Waals surface area contributed by atoms with Crippen LogP contribution in [0.5, 0.6) is 11.5 Å². The molecule has 0 aliphatic rings. The highest BCUT2D eigenvalue weighted by Crippen LogP contribution is 2.16. The van der Waals surface area contributed by atoms with E-state index in [2.05, 4.69) is 56.4 Å². The number of hydrogen-bond donors (Lipinski definition) is 0. The van der Waals surface area contributed by atoms with Crippen molar-refractivity contribution in [2.24, 2.45) is 0 Å². The van der Waals surface area contributed by atoms with Crippen LogP contribution >= 0.6 is 0 Å². The molecule has 0 aromatic heterocycles. The smallest absolute Gasteiger partial charge is 0.155 e. The zero-order valence-corrected chi connectivity index (χ0v) is 24.4. The summed E-state index contributed by atoms with van der Waals surface area (Å²) in [6.07, 6.45) is 6.73. The van der Waals surface area contributed by atoms with E-state index in [4.69, 9.17) is 14.2 Å². The van der Waals surface area contributed by atoms with Crippen molar-refractivity contribution in [3.05, 3.63) is 132 Å². The molecule has 3 aromatic carbocycles. The predicted octanol–water partition coefficient (Wildman–Crippen LogP) is 7.84. The van der Waals surface area contributed by atoms with Gasteiger partial charge in [-0.15, -0.1) is 0 Å². The lowest BCUT2D eigenvalue weighted by molar-refractivity contribution is -0.114. The Morgan fingerprint density at radius 1 is 0.714 bits per heavy atom. The highest BCUT2D eigenvalue weighted by Gasteiger charge is 2.01. The summed E-state index contributed by atoms with van der Waals surface area (Å²) in [6.45, 7) is 14.6. The highest BCUT2D eigenvalue weighted by atomic mass is 16.5. The van der Waals surface area contributed by atoms with E-state index in [0.29, 0.717) is 32.0 Å². The molecule has 0 bridgehead atoms. The van der Waals surface area contributed by atoms with Gasteiger partial charge in [-0.25, -0.2) is 0 Å². The molecule has 3 aromatic rings. The van der Waals surface area contributed by atoms with Crippen LogP contribution in [0.3, 0.4) is 0 Å². The first-order chi connectivity index (χ1) is 20.5. The van der Waals surface area contributed by atoms with Crippen LogP contribution < -0.4 is 9.47 Å². The lowest BCUT2D eigenvalue weighted by Crippen LogP contribution is -2.02. The minimum atomic E-state index is 0.0744. The summed E-state index contributed by atoms with van der Waals surface area (Å²) in [5.41, 5.74) is 4.95. The minimum Gasteiger partial charge on any atom is -0.494 e. The van der Waals surface area contributed by atoms with E-state index in [1.165, 1.54) is 6.08 Å². The van der Waals surface area contributed by atoms with Gasteiger partial charge >= 0.3 is 0 Å². The van der Waals surface area contributed by atoms with E-state index < -0.39 is 0 Å². The van der Waals surface area contributed by atoms with Crippen molar-refractivity contribution in [1.29, 1.82) is 0 Å². The second-order valence-electron chi connectivity index (χ2n) is 9.47. The molecule has 0 fully saturated rings. The third-order valence-corrected chi connectivity index (χ3v) is 6.27. The number of ether oxygens (including phenoxy) is 3. The number of allylic oxidation sites excluding steroid dienone is 2. The Bertz CT molecular complexity index is 1470. The molecule has 4 heteroatoms. The Hall–Kier alpha value is -4.93. The number of ketones is 1. The number of hydrogen-bond acceptors (Lipinski definition) is 4. The van der Waals surface area contributed by atoms with Gasteiger partial charge in [0.1, 0.15) is 17.3 Å². The minimum absolute atomic E-state index is 0.0744. The third kappa shape index (κ3) is 11.3. The normalized spacial score (nSPS) is 9.83. The van der Waals surface area contributed by atoms with Crippen LogP contribution in [-0.4, -0.2) is 25.6 Å². The molecule has 214 valence electrons. The van der Waals surface area contributed by atoms with Crippen LogP contribution in [0.25, 0.3) is 0 Å². The second kappa shape index (κ2) is 17.7. The van der Waals surface area contributed by atoms with Crippen molar-refractivity contribution in [3.8, 4) is 35.2 Å². The quantitative estimate of drug-likeness (QED) is 0.0627. The fraction of sp³-hybridized carbons (Fsp3) is 0.237. The molecule has 3 rings (SSSR count). The first kappa shape index (κ1) is 31.6. The second-order valence-corrected chi connectivity index (χ2v) is 9.47. The molecule has 42 heavy (non-hydrogen) atoms. The van der Waals surface area contributed by atoms with Gasteiger partial charge in [0.25, 0.3) is 0 Å². The van der Waals surface area contributed by atoms with Gasteiger partial charge < -0.3 is 14.2 Å². The lowest BCUT2D eigenvalue weighted by atomic mass is 10.0.